The first-order chi connectivity index (χ1) is 11.1. The molecule has 1 aliphatic rings. The highest BCUT2D eigenvalue weighted by molar-refractivity contribution is 5.51. The van der Waals surface area contributed by atoms with E-state index in [0.717, 1.165) is 39.0 Å². The minimum Gasteiger partial charge on any atom is -0.393 e. The third kappa shape index (κ3) is 3.92. The van der Waals surface area contributed by atoms with Gasteiger partial charge < -0.3 is 10.4 Å². The second kappa shape index (κ2) is 7.15. The first-order valence-electron chi connectivity index (χ1n) is 8.33. The summed E-state index contributed by atoms with van der Waals surface area (Å²) in [6, 6.07) is 8.49. The number of piperidine rings is 1. The van der Waals surface area contributed by atoms with Crippen molar-refractivity contribution in [3.63, 3.8) is 0 Å². The molecule has 0 saturated carbocycles. The zero-order valence-corrected chi connectivity index (χ0v) is 14.0. The van der Waals surface area contributed by atoms with Gasteiger partial charge in [0.1, 0.15) is 0 Å². The molecule has 2 N–H and O–H groups in total. The first kappa shape index (κ1) is 16.0. The van der Waals surface area contributed by atoms with E-state index in [4.69, 9.17) is 0 Å². The highest BCUT2D eigenvalue weighted by atomic mass is 16.3. The quantitative estimate of drug-likeness (QED) is 0.889. The predicted octanol–water partition coefficient (Wildman–Crippen LogP) is 2.30. The number of aliphatic hydroxyl groups excluding tert-OH is 1. The van der Waals surface area contributed by atoms with Crippen molar-refractivity contribution in [1.82, 2.24) is 14.7 Å². The molecule has 0 bridgehead atoms. The van der Waals surface area contributed by atoms with E-state index in [1.54, 1.807) is 0 Å². The minimum atomic E-state index is -0.117. The van der Waals surface area contributed by atoms with Crippen LogP contribution in [-0.2, 0) is 20.1 Å². The number of nitrogens with one attached hydrogen (secondary N) is 1. The number of benzene rings is 1. The Morgan fingerprint density at radius 1 is 1.22 bits per heavy atom. The number of aromatic nitrogens is 2. The molecule has 1 aromatic heterocycles. The van der Waals surface area contributed by atoms with Crippen LogP contribution in [0.1, 0.15) is 29.7 Å². The summed E-state index contributed by atoms with van der Waals surface area (Å²) in [7, 11) is 1.97. The van der Waals surface area contributed by atoms with Crippen molar-refractivity contribution in [2.24, 2.45) is 7.05 Å². The Morgan fingerprint density at radius 2 is 1.96 bits per heavy atom. The van der Waals surface area contributed by atoms with Crippen molar-refractivity contribution in [3.05, 3.63) is 47.3 Å². The number of para-hydroxylation sites is 1. The van der Waals surface area contributed by atoms with Gasteiger partial charge in [0.05, 0.1) is 12.3 Å². The monoisotopic (exact) mass is 314 g/mol. The Hall–Kier alpha value is -1.85. The lowest BCUT2D eigenvalue weighted by molar-refractivity contribution is 0.0793. The molecular weight excluding hydrogens is 288 g/mol. The molecule has 0 atom stereocenters. The van der Waals surface area contributed by atoms with E-state index in [1.165, 1.54) is 22.5 Å². The summed E-state index contributed by atoms with van der Waals surface area (Å²) < 4.78 is 1.90. The molecule has 5 nitrogen and oxygen atoms in total. The standard InChI is InChI=1S/C18H26N4O/c1-14-16(12-20-21(14)2)11-19-18-6-4-3-5-15(18)13-22-9-7-17(23)8-10-22/h3-6,12,17,19,23H,7-11,13H2,1-2H3. The Labute approximate surface area is 137 Å². The molecular formula is C18H26N4O. The average Bonchev–Trinajstić information content (AvgIpc) is 2.88. The molecule has 2 aromatic rings. The van der Waals surface area contributed by atoms with Gasteiger partial charge in [0.2, 0.25) is 0 Å². The van der Waals surface area contributed by atoms with Crippen LogP contribution in [0.5, 0.6) is 0 Å². The lowest BCUT2D eigenvalue weighted by atomic mass is 10.1. The molecule has 5 heteroatoms. The van der Waals surface area contributed by atoms with Crippen LogP contribution in [0.3, 0.4) is 0 Å². The number of nitrogens with zero attached hydrogens (tertiary/aromatic N) is 3. The molecule has 3 rings (SSSR count). The number of likely N-dealkylation sites (tertiary alicyclic amines) is 1. The topological polar surface area (TPSA) is 53.3 Å². The van der Waals surface area contributed by atoms with Crippen LogP contribution >= 0.6 is 0 Å². The van der Waals surface area contributed by atoms with E-state index in [9.17, 15) is 5.11 Å². The molecule has 0 radical (unpaired) electrons. The maximum absolute atomic E-state index is 9.64. The van der Waals surface area contributed by atoms with Gasteiger partial charge in [-0.05, 0) is 31.4 Å². The molecule has 1 aliphatic heterocycles. The maximum atomic E-state index is 9.64. The van der Waals surface area contributed by atoms with E-state index < -0.39 is 0 Å². The van der Waals surface area contributed by atoms with Crippen LogP contribution in [0.25, 0.3) is 0 Å². The first-order valence-corrected chi connectivity index (χ1v) is 8.33. The minimum absolute atomic E-state index is 0.117. The molecule has 1 saturated heterocycles. The smallest absolute Gasteiger partial charge is 0.0564 e. The second-order valence-electron chi connectivity index (χ2n) is 6.40. The van der Waals surface area contributed by atoms with Crippen LogP contribution < -0.4 is 5.32 Å². The predicted molar refractivity (Wildman–Crippen MR) is 92.2 cm³/mol. The van der Waals surface area contributed by atoms with Crippen LogP contribution in [0.4, 0.5) is 5.69 Å². The molecule has 0 amide bonds. The molecule has 23 heavy (non-hydrogen) atoms. The SMILES string of the molecule is Cc1c(CNc2ccccc2CN2CCC(O)CC2)cnn1C. The molecule has 1 fully saturated rings. The maximum Gasteiger partial charge on any atom is 0.0564 e. The third-order valence-corrected chi connectivity index (χ3v) is 4.77. The zero-order valence-electron chi connectivity index (χ0n) is 14.0. The van der Waals surface area contributed by atoms with E-state index in [2.05, 4.69) is 46.5 Å². The summed E-state index contributed by atoms with van der Waals surface area (Å²) in [6.45, 7) is 5.75. The third-order valence-electron chi connectivity index (χ3n) is 4.77. The van der Waals surface area contributed by atoms with Crippen molar-refractivity contribution in [2.75, 3.05) is 18.4 Å². The van der Waals surface area contributed by atoms with Gasteiger partial charge in [-0.1, -0.05) is 18.2 Å². The van der Waals surface area contributed by atoms with Crippen molar-refractivity contribution >= 4 is 5.69 Å². The van der Waals surface area contributed by atoms with E-state index in [1.807, 2.05) is 17.9 Å². The molecule has 0 spiro atoms. The van der Waals surface area contributed by atoms with Crippen LogP contribution in [0.2, 0.25) is 0 Å². The summed E-state index contributed by atoms with van der Waals surface area (Å²) in [5, 5.41) is 17.5. The van der Waals surface area contributed by atoms with Gasteiger partial charge >= 0.3 is 0 Å². The fraction of sp³-hybridized carbons (Fsp3) is 0.500. The molecule has 2 heterocycles. The molecule has 124 valence electrons. The summed E-state index contributed by atoms with van der Waals surface area (Å²) in [4.78, 5) is 2.42. The fourth-order valence-electron chi connectivity index (χ4n) is 3.06. The van der Waals surface area contributed by atoms with Crippen molar-refractivity contribution in [2.45, 2.75) is 39.0 Å². The van der Waals surface area contributed by atoms with Crippen LogP contribution in [0, 0.1) is 6.92 Å². The number of anilines is 1. The molecule has 0 aliphatic carbocycles. The summed E-state index contributed by atoms with van der Waals surface area (Å²) in [5.41, 5.74) is 4.91. The van der Waals surface area contributed by atoms with Crippen molar-refractivity contribution < 1.29 is 5.11 Å². The average molecular weight is 314 g/mol. The number of rotatable bonds is 5. The van der Waals surface area contributed by atoms with Crippen molar-refractivity contribution in [3.8, 4) is 0 Å². The number of hydrogen-bond donors (Lipinski definition) is 2. The normalized spacial score (nSPS) is 16.7. The largest absolute Gasteiger partial charge is 0.393 e. The van der Waals surface area contributed by atoms with Gasteiger partial charge in [-0.2, -0.15) is 5.10 Å². The molecule has 1 aromatic carbocycles. The van der Waals surface area contributed by atoms with Gasteiger partial charge in [0.15, 0.2) is 0 Å². The van der Waals surface area contributed by atoms with Crippen LogP contribution in [0.15, 0.2) is 30.5 Å². The van der Waals surface area contributed by atoms with E-state index in [-0.39, 0.29) is 6.10 Å². The summed E-state index contributed by atoms with van der Waals surface area (Å²) in [5.74, 6) is 0. The number of aryl methyl sites for hydroxylation is 1. The van der Waals surface area contributed by atoms with E-state index in [0.29, 0.717) is 0 Å². The van der Waals surface area contributed by atoms with Crippen LogP contribution in [-0.4, -0.2) is 39.0 Å². The summed E-state index contributed by atoms with van der Waals surface area (Å²) in [6.07, 6.45) is 3.57. The summed E-state index contributed by atoms with van der Waals surface area (Å²) >= 11 is 0. The Morgan fingerprint density at radius 3 is 2.65 bits per heavy atom. The fourth-order valence-corrected chi connectivity index (χ4v) is 3.06. The lowest BCUT2D eigenvalue weighted by Crippen LogP contribution is -2.35. The number of hydrogen-bond acceptors (Lipinski definition) is 4. The molecule has 0 unspecified atom stereocenters. The van der Waals surface area contributed by atoms with Gasteiger partial charge in [0, 0.05) is 50.2 Å². The lowest BCUT2D eigenvalue weighted by Gasteiger charge is -2.30. The van der Waals surface area contributed by atoms with Crippen molar-refractivity contribution in [1.29, 1.82) is 0 Å². The highest BCUT2D eigenvalue weighted by Gasteiger charge is 2.17. The second-order valence-corrected chi connectivity index (χ2v) is 6.40. The van der Waals surface area contributed by atoms with Gasteiger partial charge in [-0.15, -0.1) is 0 Å². The zero-order chi connectivity index (χ0) is 16.2. The van der Waals surface area contributed by atoms with E-state index >= 15 is 0 Å². The van der Waals surface area contributed by atoms with Gasteiger partial charge in [0.25, 0.3) is 0 Å². The number of aliphatic hydroxyl groups is 1. The van der Waals surface area contributed by atoms with Gasteiger partial charge in [-0.3, -0.25) is 9.58 Å². The van der Waals surface area contributed by atoms with Gasteiger partial charge in [-0.25, -0.2) is 0 Å². The highest BCUT2D eigenvalue weighted by Crippen LogP contribution is 2.21. The Kier molecular flexibility index (Phi) is 4.98. The Bertz CT molecular complexity index is 644. The Balaban J connectivity index is 1.64.